The molecule has 2 heterocycles. The Labute approximate surface area is 181 Å². The van der Waals surface area contributed by atoms with E-state index < -0.39 is 18.1 Å². The van der Waals surface area contributed by atoms with E-state index in [4.69, 9.17) is 15.0 Å². The average molecular weight is 449 g/mol. The Morgan fingerprint density at radius 3 is 2.25 bits per heavy atom. The van der Waals surface area contributed by atoms with Crippen molar-refractivity contribution in [3.8, 4) is 0 Å². The second-order valence-electron chi connectivity index (χ2n) is 7.29. The molecule has 0 unspecified atom stereocenters. The summed E-state index contributed by atoms with van der Waals surface area (Å²) in [4.78, 5) is 28.1. The maximum absolute atomic E-state index is 11.1. The zero-order valence-electron chi connectivity index (χ0n) is 17.0. The van der Waals surface area contributed by atoms with Gasteiger partial charge in [0.25, 0.3) is 0 Å². The number of piperazine rings is 1. The van der Waals surface area contributed by atoms with Crippen LogP contribution in [0.4, 0.5) is 18.9 Å². The van der Waals surface area contributed by atoms with Crippen molar-refractivity contribution in [3.63, 3.8) is 0 Å². The number of H-pyrrole nitrogens is 1. The summed E-state index contributed by atoms with van der Waals surface area (Å²) in [6.45, 7) is 4.69. The summed E-state index contributed by atoms with van der Waals surface area (Å²) in [6, 6.07) is 15.7. The zero-order valence-corrected chi connectivity index (χ0v) is 17.0. The van der Waals surface area contributed by atoms with Crippen LogP contribution in [0.15, 0.2) is 54.7 Å². The van der Waals surface area contributed by atoms with Crippen molar-refractivity contribution < 1.29 is 33.0 Å². The molecule has 1 aromatic heterocycles. The van der Waals surface area contributed by atoms with Crippen LogP contribution < -0.4 is 4.90 Å². The van der Waals surface area contributed by atoms with Crippen molar-refractivity contribution in [2.75, 3.05) is 31.1 Å². The molecule has 0 saturated carbocycles. The third-order valence-electron chi connectivity index (χ3n) is 5.11. The quantitative estimate of drug-likeness (QED) is 0.560. The maximum atomic E-state index is 11.1. The lowest BCUT2D eigenvalue weighted by Crippen LogP contribution is -2.46. The van der Waals surface area contributed by atoms with E-state index in [0.29, 0.717) is 5.56 Å². The van der Waals surface area contributed by atoms with Gasteiger partial charge in [0.05, 0.1) is 5.56 Å². The fourth-order valence-corrected chi connectivity index (χ4v) is 3.55. The van der Waals surface area contributed by atoms with Gasteiger partial charge in [-0.2, -0.15) is 13.2 Å². The van der Waals surface area contributed by atoms with Gasteiger partial charge in [0.15, 0.2) is 0 Å². The molecule has 0 spiro atoms. The van der Waals surface area contributed by atoms with E-state index in [1.54, 1.807) is 12.1 Å². The number of benzene rings is 2. The number of halogens is 3. The molecule has 3 N–H and O–H groups in total. The summed E-state index contributed by atoms with van der Waals surface area (Å²) < 4.78 is 31.7. The van der Waals surface area contributed by atoms with Crippen LogP contribution in [0.5, 0.6) is 0 Å². The Balaban J connectivity index is 0.000000360. The summed E-state index contributed by atoms with van der Waals surface area (Å²) in [5.74, 6) is -3.63. The number of fused-ring (bicyclic) bond motifs is 1. The first-order valence-electron chi connectivity index (χ1n) is 9.81. The van der Waals surface area contributed by atoms with E-state index in [2.05, 4.69) is 39.0 Å². The number of alkyl halides is 3. The lowest BCUT2D eigenvalue weighted by Gasteiger charge is -2.36. The van der Waals surface area contributed by atoms with Crippen molar-refractivity contribution >= 4 is 28.5 Å². The third kappa shape index (κ3) is 5.79. The number of carbonyl (C=O) groups is 2. The number of aliphatic carboxylic acids is 1. The molecule has 0 radical (unpaired) electrons. The highest BCUT2D eigenvalue weighted by molar-refractivity contribution is 5.92. The summed E-state index contributed by atoms with van der Waals surface area (Å²) in [5, 5.41) is 17.5. The largest absolute Gasteiger partial charge is 0.490 e. The molecule has 1 saturated heterocycles. The lowest BCUT2D eigenvalue weighted by molar-refractivity contribution is -0.192. The Morgan fingerprint density at radius 1 is 0.969 bits per heavy atom. The van der Waals surface area contributed by atoms with Crippen molar-refractivity contribution in [2.24, 2.45) is 0 Å². The Morgan fingerprint density at radius 2 is 1.62 bits per heavy atom. The maximum Gasteiger partial charge on any atom is 0.490 e. The van der Waals surface area contributed by atoms with Crippen LogP contribution in [-0.2, 0) is 11.3 Å². The topological polar surface area (TPSA) is 96.9 Å². The summed E-state index contributed by atoms with van der Waals surface area (Å²) in [6.07, 6.45) is -3.10. The molecule has 170 valence electrons. The van der Waals surface area contributed by atoms with E-state index in [1.807, 2.05) is 18.3 Å². The normalized spacial score (nSPS) is 14.7. The number of aromatic amines is 1. The Hall–Kier alpha value is -3.53. The van der Waals surface area contributed by atoms with Gasteiger partial charge in [0, 0.05) is 55.5 Å². The van der Waals surface area contributed by atoms with Crippen molar-refractivity contribution in [2.45, 2.75) is 12.7 Å². The first kappa shape index (κ1) is 23.1. The van der Waals surface area contributed by atoms with Gasteiger partial charge in [-0.25, -0.2) is 9.59 Å². The molecule has 1 fully saturated rings. The van der Waals surface area contributed by atoms with Gasteiger partial charge in [-0.1, -0.05) is 18.2 Å². The number of rotatable bonds is 4. The predicted octanol–water partition coefficient (Wildman–Crippen LogP) is 3.82. The summed E-state index contributed by atoms with van der Waals surface area (Å²) >= 11 is 0. The fraction of sp³-hybridized carbons (Fsp3) is 0.273. The molecule has 1 aliphatic heterocycles. The van der Waals surface area contributed by atoms with Gasteiger partial charge in [-0.3, -0.25) is 4.90 Å². The standard InChI is InChI=1S/C20H21N3O2.C2HF3O2/c24-20(25)16-4-1-3-15(13-16)14-22-9-11-23(12-10-22)19-6-2-5-18-17(19)7-8-21-18;3-2(4,5)1(6)7/h1-8,13,21H,9-12,14H2,(H,24,25);(H,6,7). The Kier molecular flexibility index (Phi) is 7.04. The van der Waals surface area contributed by atoms with Gasteiger partial charge < -0.3 is 20.1 Å². The molecular formula is C22H22F3N3O4. The fourth-order valence-electron chi connectivity index (χ4n) is 3.55. The SMILES string of the molecule is O=C(O)C(F)(F)F.O=C(O)c1cccc(CN2CCN(c3cccc4[nH]ccc34)CC2)c1. The third-order valence-corrected chi connectivity index (χ3v) is 5.11. The van der Waals surface area contributed by atoms with Crippen molar-refractivity contribution in [1.29, 1.82) is 0 Å². The van der Waals surface area contributed by atoms with E-state index in [9.17, 15) is 18.0 Å². The number of hydrogen-bond donors (Lipinski definition) is 3. The van der Waals surface area contributed by atoms with Crippen molar-refractivity contribution in [3.05, 3.63) is 65.9 Å². The predicted molar refractivity (Wildman–Crippen MR) is 113 cm³/mol. The van der Waals surface area contributed by atoms with Crippen molar-refractivity contribution in [1.82, 2.24) is 9.88 Å². The van der Waals surface area contributed by atoms with Crippen LogP contribution in [0.3, 0.4) is 0 Å². The average Bonchev–Trinajstić information content (AvgIpc) is 3.23. The second kappa shape index (κ2) is 9.73. The van der Waals surface area contributed by atoms with Crippen LogP contribution in [0.2, 0.25) is 0 Å². The van der Waals surface area contributed by atoms with E-state index in [-0.39, 0.29) is 0 Å². The number of nitrogens with zero attached hydrogens (tertiary/aromatic N) is 2. The van der Waals surface area contributed by atoms with Gasteiger partial charge in [0.1, 0.15) is 0 Å². The molecule has 0 bridgehead atoms. The lowest BCUT2D eigenvalue weighted by atomic mass is 10.1. The molecule has 4 rings (SSSR count). The van der Waals surface area contributed by atoms with E-state index in [0.717, 1.165) is 38.3 Å². The van der Waals surface area contributed by atoms with Gasteiger partial charge >= 0.3 is 18.1 Å². The van der Waals surface area contributed by atoms with Gasteiger partial charge in [0.2, 0.25) is 0 Å². The van der Waals surface area contributed by atoms with Gasteiger partial charge in [-0.15, -0.1) is 0 Å². The summed E-state index contributed by atoms with van der Waals surface area (Å²) in [5.41, 5.74) is 3.87. The second-order valence-corrected chi connectivity index (χ2v) is 7.29. The number of anilines is 1. The smallest absolute Gasteiger partial charge is 0.478 e. The number of carboxylic acids is 2. The molecule has 32 heavy (non-hydrogen) atoms. The zero-order chi connectivity index (χ0) is 23.3. The molecule has 0 amide bonds. The van der Waals surface area contributed by atoms with Crippen LogP contribution in [0, 0.1) is 0 Å². The highest BCUT2D eigenvalue weighted by Crippen LogP contribution is 2.27. The van der Waals surface area contributed by atoms with Gasteiger partial charge in [-0.05, 0) is 35.9 Å². The highest BCUT2D eigenvalue weighted by atomic mass is 19.4. The van der Waals surface area contributed by atoms with Crippen LogP contribution >= 0.6 is 0 Å². The monoisotopic (exact) mass is 449 g/mol. The molecule has 10 heteroatoms. The number of nitrogens with one attached hydrogen (secondary N) is 1. The van der Waals surface area contributed by atoms with Crippen LogP contribution in [-0.4, -0.2) is 64.4 Å². The van der Waals surface area contributed by atoms with Crippen LogP contribution in [0.1, 0.15) is 15.9 Å². The number of carboxylic acid groups (broad SMARTS) is 2. The number of hydrogen-bond acceptors (Lipinski definition) is 4. The number of aromatic nitrogens is 1. The minimum Gasteiger partial charge on any atom is -0.478 e. The summed E-state index contributed by atoms with van der Waals surface area (Å²) in [7, 11) is 0. The molecule has 0 atom stereocenters. The van der Waals surface area contributed by atoms with Crippen LogP contribution in [0.25, 0.3) is 10.9 Å². The first-order valence-corrected chi connectivity index (χ1v) is 9.81. The van der Waals surface area contributed by atoms with E-state index in [1.165, 1.54) is 16.6 Å². The molecule has 2 aromatic carbocycles. The van der Waals surface area contributed by atoms with E-state index >= 15 is 0 Å². The molecular weight excluding hydrogens is 427 g/mol. The molecule has 0 aliphatic carbocycles. The number of aromatic carboxylic acids is 1. The highest BCUT2D eigenvalue weighted by Gasteiger charge is 2.38. The Bertz CT molecular complexity index is 1090. The minimum atomic E-state index is -5.08. The minimum absolute atomic E-state index is 0.357. The first-order chi connectivity index (χ1) is 15.1. The molecule has 7 nitrogen and oxygen atoms in total. The molecule has 1 aliphatic rings. The molecule has 3 aromatic rings.